The van der Waals surface area contributed by atoms with Gasteiger partial charge >= 0.3 is 0 Å². The number of hydrogen-bond donors (Lipinski definition) is 1. The molecule has 3 nitrogen and oxygen atoms in total. The highest BCUT2D eigenvalue weighted by Gasteiger charge is 2.25. The van der Waals surface area contributed by atoms with Crippen LogP contribution in [0.3, 0.4) is 0 Å². The third kappa shape index (κ3) is 3.28. The summed E-state index contributed by atoms with van der Waals surface area (Å²) in [6, 6.07) is 10.8. The lowest BCUT2D eigenvalue weighted by molar-refractivity contribution is 0.0772. The highest BCUT2D eigenvalue weighted by molar-refractivity contribution is 5.20. The minimum atomic E-state index is 0.171. The van der Waals surface area contributed by atoms with Crippen LogP contribution in [0.25, 0.3) is 0 Å². The Morgan fingerprint density at radius 3 is 2.82 bits per heavy atom. The van der Waals surface area contributed by atoms with Gasteiger partial charge in [0.15, 0.2) is 0 Å². The van der Waals surface area contributed by atoms with E-state index in [1.54, 1.807) is 7.11 Å². The fourth-order valence-corrected chi connectivity index (χ4v) is 2.53. The molecule has 0 amide bonds. The molecule has 0 radical (unpaired) electrons. The van der Waals surface area contributed by atoms with E-state index >= 15 is 0 Å². The molecule has 2 unspecified atom stereocenters. The second kappa shape index (κ2) is 6.15. The zero-order valence-corrected chi connectivity index (χ0v) is 10.5. The SMILES string of the molecule is COC(CN)CN1CCC(c2ccccc2)C1. The molecular weight excluding hydrogens is 212 g/mol. The number of ether oxygens (including phenoxy) is 1. The largest absolute Gasteiger partial charge is 0.379 e. The van der Waals surface area contributed by atoms with Crippen molar-refractivity contribution in [2.45, 2.75) is 18.4 Å². The molecule has 1 aliphatic heterocycles. The molecule has 17 heavy (non-hydrogen) atoms. The lowest BCUT2D eigenvalue weighted by Crippen LogP contribution is -2.36. The van der Waals surface area contributed by atoms with Crippen molar-refractivity contribution in [3.63, 3.8) is 0 Å². The molecule has 0 saturated carbocycles. The molecule has 1 aliphatic rings. The van der Waals surface area contributed by atoms with Crippen molar-refractivity contribution in [2.24, 2.45) is 5.73 Å². The molecule has 2 rings (SSSR count). The van der Waals surface area contributed by atoms with Crippen LogP contribution in [0.2, 0.25) is 0 Å². The standard InChI is InChI=1S/C14H22N2O/c1-17-14(9-15)11-16-8-7-13(10-16)12-5-3-2-4-6-12/h2-6,13-14H,7-11,15H2,1H3. The van der Waals surface area contributed by atoms with Gasteiger partial charge in [-0.05, 0) is 24.4 Å². The van der Waals surface area contributed by atoms with Crippen LogP contribution >= 0.6 is 0 Å². The Kier molecular flexibility index (Phi) is 4.54. The first-order valence-corrected chi connectivity index (χ1v) is 6.33. The molecule has 0 aliphatic carbocycles. The predicted molar refractivity (Wildman–Crippen MR) is 70.1 cm³/mol. The summed E-state index contributed by atoms with van der Waals surface area (Å²) in [6.07, 6.45) is 1.41. The number of likely N-dealkylation sites (tertiary alicyclic amines) is 1. The molecule has 1 aromatic carbocycles. The van der Waals surface area contributed by atoms with Crippen molar-refractivity contribution in [3.8, 4) is 0 Å². The minimum absolute atomic E-state index is 0.171. The van der Waals surface area contributed by atoms with E-state index < -0.39 is 0 Å². The van der Waals surface area contributed by atoms with Crippen LogP contribution in [0.4, 0.5) is 0 Å². The maximum absolute atomic E-state index is 5.66. The summed E-state index contributed by atoms with van der Waals surface area (Å²) >= 11 is 0. The molecule has 1 aromatic rings. The zero-order chi connectivity index (χ0) is 12.1. The summed E-state index contributed by atoms with van der Waals surface area (Å²) in [4.78, 5) is 2.46. The Morgan fingerprint density at radius 1 is 1.41 bits per heavy atom. The Bertz CT molecular complexity index is 324. The smallest absolute Gasteiger partial charge is 0.0820 e. The van der Waals surface area contributed by atoms with Crippen LogP contribution in [0, 0.1) is 0 Å². The van der Waals surface area contributed by atoms with Crippen LogP contribution in [0.5, 0.6) is 0 Å². The summed E-state index contributed by atoms with van der Waals surface area (Å²) in [5, 5.41) is 0. The Morgan fingerprint density at radius 2 is 2.18 bits per heavy atom. The molecule has 94 valence electrons. The second-order valence-electron chi connectivity index (χ2n) is 4.75. The van der Waals surface area contributed by atoms with Crippen LogP contribution in [0.15, 0.2) is 30.3 Å². The zero-order valence-electron chi connectivity index (χ0n) is 10.5. The van der Waals surface area contributed by atoms with Crippen molar-refractivity contribution in [3.05, 3.63) is 35.9 Å². The van der Waals surface area contributed by atoms with Crippen molar-refractivity contribution in [1.82, 2.24) is 4.90 Å². The van der Waals surface area contributed by atoms with Gasteiger partial charge in [-0.3, -0.25) is 0 Å². The lowest BCUT2D eigenvalue weighted by atomic mass is 9.99. The van der Waals surface area contributed by atoms with Gasteiger partial charge in [0.1, 0.15) is 0 Å². The molecule has 3 heteroatoms. The first kappa shape index (κ1) is 12.6. The third-order valence-electron chi connectivity index (χ3n) is 3.60. The molecule has 0 spiro atoms. The number of hydrogen-bond acceptors (Lipinski definition) is 3. The van der Waals surface area contributed by atoms with E-state index in [2.05, 4.69) is 35.2 Å². The summed E-state index contributed by atoms with van der Waals surface area (Å²) in [5.41, 5.74) is 7.11. The van der Waals surface area contributed by atoms with E-state index in [-0.39, 0.29) is 6.10 Å². The van der Waals surface area contributed by atoms with Crippen LogP contribution in [-0.2, 0) is 4.74 Å². The fourth-order valence-electron chi connectivity index (χ4n) is 2.53. The van der Waals surface area contributed by atoms with E-state index in [0.717, 1.165) is 19.6 Å². The van der Waals surface area contributed by atoms with Gasteiger partial charge in [0.25, 0.3) is 0 Å². The fraction of sp³-hybridized carbons (Fsp3) is 0.571. The molecule has 1 fully saturated rings. The monoisotopic (exact) mass is 234 g/mol. The van der Waals surface area contributed by atoms with Gasteiger partial charge < -0.3 is 15.4 Å². The Balaban J connectivity index is 1.87. The third-order valence-corrected chi connectivity index (χ3v) is 3.60. The minimum Gasteiger partial charge on any atom is -0.379 e. The average molecular weight is 234 g/mol. The normalized spacial score (nSPS) is 22.8. The number of benzene rings is 1. The molecular formula is C14H22N2O. The summed E-state index contributed by atoms with van der Waals surface area (Å²) in [6.45, 7) is 3.84. The van der Waals surface area contributed by atoms with Crippen molar-refractivity contribution >= 4 is 0 Å². The van der Waals surface area contributed by atoms with Crippen LogP contribution in [-0.4, -0.2) is 44.3 Å². The van der Waals surface area contributed by atoms with Gasteiger partial charge in [-0.1, -0.05) is 30.3 Å². The highest BCUT2D eigenvalue weighted by atomic mass is 16.5. The molecule has 2 atom stereocenters. The van der Waals surface area contributed by atoms with E-state index in [4.69, 9.17) is 10.5 Å². The Labute approximate surface area is 104 Å². The first-order chi connectivity index (χ1) is 8.33. The Hall–Kier alpha value is -0.900. The summed E-state index contributed by atoms with van der Waals surface area (Å²) < 4.78 is 5.34. The molecule has 1 saturated heterocycles. The number of methoxy groups -OCH3 is 1. The van der Waals surface area contributed by atoms with Gasteiger partial charge in [-0.15, -0.1) is 0 Å². The molecule has 1 heterocycles. The topological polar surface area (TPSA) is 38.5 Å². The molecule has 0 bridgehead atoms. The number of nitrogens with two attached hydrogens (primary N) is 1. The van der Waals surface area contributed by atoms with Gasteiger partial charge in [0.05, 0.1) is 6.10 Å². The number of nitrogens with zero attached hydrogens (tertiary/aromatic N) is 1. The van der Waals surface area contributed by atoms with Gasteiger partial charge in [0.2, 0.25) is 0 Å². The van der Waals surface area contributed by atoms with E-state index in [1.165, 1.54) is 12.0 Å². The maximum atomic E-state index is 5.66. The predicted octanol–water partition coefficient (Wildman–Crippen LogP) is 1.45. The second-order valence-corrected chi connectivity index (χ2v) is 4.75. The van der Waals surface area contributed by atoms with Gasteiger partial charge in [0, 0.05) is 26.7 Å². The van der Waals surface area contributed by atoms with Crippen molar-refractivity contribution in [2.75, 3.05) is 33.3 Å². The van der Waals surface area contributed by atoms with Crippen molar-refractivity contribution < 1.29 is 4.74 Å². The van der Waals surface area contributed by atoms with Gasteiger partial charge in [-0.25, -0.2) is 0 Å². The first-order valence-electron chi connectivity index (χ1n) is 6.33. The van der Waals surface area contributed by atoms with E-state index in [9.17, 15) is 0 Å². The number of rotatable bonds is 5. The van der Waals surface area contributed by atoms with Crippen molar-refractivity contribution in [1.29, 1.82) is 0 Å². The van der Waals surface area contributed by atoms with Crippen LogP contribution < -0.4 is 5.73 Å². The van der Waals surface area contributed by atoms with Crippen LogP contribution in [0.1, 0.15) is 17.9 Å². The maximum Gasteiger partial charge on any atom is 0.0820 e. The average Bonchev–Trinajstić information content (AvgIpc) is 2.85. The quantitative estimate of drug-likeness (QED) is 0.838. The highest BCUT2D eigenvalue weighted by Crippen LogP contribution is 2.26. The summed E-state index contributed by atoms with van der Waals surface area (Å²) in [5.74, 6) is 0.673. The summed E-state index contributed by atoms with van der Waals surface area (Å²) in [7, 11) is 1.74. The van der Waals surface area contributed by atoms with E-state index in [0.29, 0.717) is 12.5 Å². The lowest BCUT2D eigenvalue weighted by Gasteiger charge is -2.21. The van der Waals surface area contributed by atoms with Gasteiger partial charge in [-0.2, -0.15) is 0 Å². The molecule has 0 aromatic heterocycles. The van der Waals surface area contributed by atoms with E-state index in [1.807, 2.05) is 0 Å². The molecule has 2 N–H and O–H groups in total.